The largest absolute Gasteiger partial charge is 0.368 e. The van der Waals surface area contributed by atoms with Gasteiger partial charge >= 0.3 is 0 Å². The summed E-state index contributed by atoms with van der Waals surface area (Å²) in [6.07, 6.45) is 3.45. The molecule has 0 atom stereocenters. The lowest BCUT2D eigenvalue weighted by Gasteiger charge is -1.98. The lowest BCUT2D eigenvalue weighted by atomic mass is 10.1. The lowest BCUT2D eigenvalue weighted by Crippen LogP contribution is -2.20. The summed E-state index contributed by atoms with van der Waals surface area (Å²) >= 11 is 0. The molecule has 0 unspecified atom stereocenters. The van der Waals surface area contributed by atoms with Crippen LogP contribution in [-0.2, 0) is 0 Å². The molecule has 0 aliphatic rings. The SMILES string of the molecule is Cc1cccc(-c2cnn(C(=N)N)c2)c1. The molecule has 4 heteroatoms. The Morgan fingerprint density at radius 3 is 2.80 bits per heavy atom. The Bertz CT molecular complexity index is 499. The van der Waals surface area contributed by atoms with E-state index < -0.39 is 0 Å². The first kappa shape index (κ1) is 9.45. The number of benzene rings is 1. The third-order valence-electron chi connectivity index (χ3n) is 2.18. The van der Waals surface area contributed by atoms with E-state index in [2.05, 4.69) is 11.2 Å². The molecule has 2 rings (SSSR count). The third-order valence-corrected chi connectivity index (χ3v) is 2.18. The maximum absolute atomic E-state index is 7.23. The predicted molar refractivity (Wildman–Crippen MR) is 59.7 cm³/mol. The number of aryl methyl sites for hydroxylation is 1. The Labute approximate surface area is 87.9 Å². The Morgan fingerprint density at radius 1 is 1.40 bits per heavy atom. The number of nitrogen functional groups attached to an aromatic ring is 1. The molecule has 1 heterocycles. The zero-order valence-electron chi connectivity index (χ0n) is 8.44. The van der Waals surface area contributed by atoms with Crippen molar-refractivity contribution < 1.29 is 0 Å². The van der Waals surface area contributed by atoms with Crippen LogP contribution in [0.15, 0.2) is 36.7 Å². The monoisotopic (exact) mass is 200 g/mol. The van der Waals surface area contributed by atoms with E-state index in [1.54, 1.807) is 12.4 Å². The molecule has 0 aliphatic heterocycles. The van der Waals surface area contributed by atoms with Crippen molar-refractivity contribution in [3.05, 3.63) is 42.2 Å². The first-order valence-electron chi connectivity index (χ1n) is 4.63. The van der Waals surface area contributed by atoms with Crippen LogP contribution in [0.5, 0.6) is 0 Å². The van der Waals surface area contributed by atoms with Crippen molar-refractivity contribution in [2.24, 2.45) is 5.73 Å². The second-order valence-corrected chi connectivity index (χ2v) is 3.43. The van der Waals surface area contributed by atoms with Gasteiger partial charge < -0.3 is 5.73 Å². The summed E-state index contributed by atoms with van der Waals surface area (Å²) in [4.78, 5) is 0. The fourth-order valence-corrected chi connectivity index (χ4v) is 1.43. The number of nitrogens with one attached hydrogen (secondary N) is 1. The van der Waals surface area contributed by atoms with E-state index in [-0.39, 0.29) is 5.96 Å². The summed E-state index contributed by atoms with van der Waals surface area (Å²) < 4.78 is 1.34. The van der Waals surface area contributed by atoms with Gasteiger partial charge in [-0.05, 0) is 12.5 Å². The Kier molecular flexibility index (Phi) is 2.25. The van der Waals surface area contributed by atoms with Crippen molar-refractivity contribution in [3.8, 4) is 11.1 Å². The number of nitrogens with two attached hydrogens (primary N) is 1. The van der Waals surface area contributed by atoms with Crippen molar-refractivity contribution in [1.29, 1.82) is 5.41 Å². The van der Waals surface area contributed by atoms with Gasteiger partial charge in [0.25, 0.3) is 0 Å². The first-order valence-corrected chi connectivity index (χ1v) is 4.63. The second kappa shape index (κ2) is 3.57. The first-order chi connectivity index (χ1) is 7.16. The molecule has 0 spiro atoms. The topological polar surface area (TPSA) is 67.7 Å². The fourth-order valence-electron chi connectivity index (χ4n) is 1.43. The highest BCUT2D eigenvalue weighted by Gasteiger charge is 2.02. The van der Waals surface area contributed by atoms with Crippen LogP contribution in [0.1, 0.15) is 5.56 Å². The normalized spacial score (nSPS) is 10.2. The Balaban J connectivity index is 2.41. The van der Waals surface area contributed by atoms with E-state index in [9.17, 15) is 0 Å². The van der Waals surface area contributed by atoms with Crippen LogP contribution in [0, 0.1) is 12.3 Å². The highest BCUT2D eigenvalue weighted by atomic mass is 15.3. The Hall–Kier alpha value is -2.10. The van der Waals surface area contributed by atoms with E-state index in [1.165, 1.54) is 10.2 Å². The van der Waals surface area contributed by atoms with Crippen molar-refractivity contribution in [2.75, 3.05) is 0 Å². The van der Waals surface area contributed by atoms with E-state index in [1.807, 2.05) is 25.1 Å². The molecule has 4 nitrogen and oxygen atoms in total. The van der Waals surface area contributed by atoms with Crippen molar-refractivity contribution in [3.63, 3.8) is 0 Å². The van der Waals surface area contributed by atoms with E-state index in [4.69, 9.17) is 11.1 Å². The minimum absolute atomic E-state index is 0.0751. The third kappa shape index (κ3) is 1.88. The number of hydrogen-bond donors (Lipinski definition) is 2. The summed E-state index contributed by atoms with van der Waals surface area (Å²) in [6, 6.07) is 8.12. The van der Waals surface area contributed by atoms with Crippen molar-refractivity contribution >= 4 is 5.96 Å². The summed E-state index contributed by atoms with van der Waals surface area (Å²) in [5.41, 5.74) is 8.57. The van der Waals surface area contributed by atoms with Gasteiger partial charge in [-0.2, -0.15) is 5.10 Å². The van der Waals surface area contributed by atoms with E-state index in [0.717, 1.165) is 11.1 Å². The van der Waals surface area contributed by atoms with E-state index in [0.29, 0.717) is 0 Å². The van der Waals surface area contributed by atoms with Crippen LogP contribution in [-0.4, -0.2) is 15.7 Å². The molecule has 0 saturated heterocycles. The van der Waals surface area contributed by atoms with Crippen LogP contribution in [0.4, 0.5) is 0 Å². The summed E-state index contributed by atoms with van der Waals surface area (Å²) in [7, 11) is 0. The zero-order chi connectivity index (χ0) is 10.8. The van der Waals surface area contributed by atoms with Gasteiger partial charge in [0.05, 0.1) is 6.20 Å². The summed E-state index contributed by atoms with van der Waals surface area (Å²) in [5, 5.41) is 11.2. The average Bonchev–Trinajstić information content (AvgIpc) is 2.66. The molecule has 1 aromatic carbocycles. The maximum Gasteiger partial charge on any atom is 0.213 e. The highest BCUT2D eigenvalue weighted by Crippen LogP contribution is 2.18. The zero-order valence-corrected chi connectivity index (χ0v) is 8.44. The molecule has 0 radical (unpaired) electrons. The molecule has 0 saturated carbocycles. The van der Waals surface area contributed by atoms with Crippen molar-refractivity contribution in [2.45, 2.75) is 6.92 Å². The van der Waals surface area contributed by atoms with Gasteiger partial charge in [-0.1, -0.05) is 29.8 Å². The van der Waals surface area contributed by atoms with Gasteiger partial charge in [0.2, 0.25) is 5.96 Å². The molecule has 15 heavy (non-hydrogen) atoms. The van der Waals surface area contributed by atoms with Gasteiger partial charge in [0.15, 0.2) is 0 Å². The quantitative estimate of drug-likeness (QED) is 0.542. The standard InChI is InChI=1S/C11H12N4/c1-8-3-2-4-9(5-8)10-6-14-15(7-10)11(12)13/h2-7H,1H3,(H3,12,13). The molecule has 0 fully saturated rings. The van der Waals surface area contributed by atoms with Crippen molar-refractivity contribution in [1.82, 2.24) is 9.78 Å². The number of nitrogens with zero attached hydrogens (tertiary/aromatic N) is 2. The minimum atomic E-state index is -0.0751. The fraction of sp³-hybridized carbons (Fsp3) is 0.0909. The summed E-state index contributed by atoms with van der Waals surface area (Å²) in [6.45, 7) is 2.04. The van der Waals surface area contributed by atoms with Crippen LogP contribution >= 0.6 is 0 Å². The molecule has 0 aliphatic carbocycles. The van der Waals surface area contributed by atoms with Gasteiger partial charge in [-0.25, -0.2) is 4.68 Å². The van der Waals surface area contributed by atoms with Gasteiger partial charge in [-0.3, -0.25) is 5.41 Å². The smallest absolute Gasteiger partial charge is 0.213 e. The molecular formula is C11H12N4. The maximum atomic E-state index is 7.23. The molecule has 76 valence electrons. The van der Waals surface area contributed by atoms with Gasteiger partial charge in [0, 0.05) is 11.8 Å². The molecular weight excluding hydrogens is 188 g/mol. The van der Waals surface area contributed by atoms with Crippen LogP contribution in [0.3, 0.4) is 0 Å². The predicted octanol–water partition coefficient (Wildman–Crippen LogP) is 1.60. The molecule has 2 aromatic rings. The molecule has 0 amide bonds. The van der Waals surface area contributed by atoms with Crippen LogP contribution in [0.25, 0.3) is 11.1 Å². The van der Waals surface area contributed by atoms with Crippen LogP contribution < -0.4 is 5.73 Å². The highest BCUT2D eigenvalue weighted by molar-refractivity contribution is 5.77. The number of hydrogen-bond acceptors (Lipinski definition) is 2. The van der Waals surface area contributed by atoms with Gasteiger partial charge in [-0.15, -0.1) is 0 Å². The average molecular weight is 200 g/mol. The number of rotatable bonds is 1. The molecule has 3 N–H and O–H groups in total. The van der Waals surface area contributed by atoms with E-state index >= 15 is 0 Å². The minimum Gasteiger partial charge on any atom is -0.368 e. The number of aromatic nitrogens is 2. The Morgan fingerprint density at radius 2 is 2.20 bits per heavy atom. The molecule has 1 aromatic heterocycles. The lowest BCUT2D eigenvalue weighted by molar-refractivity contribution is 0.912. The van der Waals surface area contributed by atoms with Crippen LogP contribution in [0.2, 0.25) is 0 Å². The second-order valence-electron chi connectivity index (χ2n) is 3.43. The van der Waals surface area contributed by atoms with Gasteiger partial charge in [0.1, 0.15) is 0 Å². The summed E-state index contributed by atoms with van der Waals surface area (Å²) in [5.74, 6) is -0.0751. The molecule has 0 bridgehead atoms.